The number of carbonyl (C=O) groups is 1. The zero-order valence-electron chi connectivity index (χ0n) is 10.2. The number of hydrogen-bond acceptors (Lipinski definition) is 2. The van der Waals surface area contributed by atoms with E-state index >= 15 is 0 Å². The molecule has 3 nitrogen and oxygen atoms in total. The maximum Gasteiger partial charge on any atom is 0.317 e. The minimum absolute atomic E-state index is 0.0270. The van der Waals surface area contributed by atoms with E-state index in [1.54, 1.807) is 0 Å². The van der Waals surface area contributed by atoms with Crippen LogP contribution >= 0.6 is 0 Å². The molecule has 0 spiro atoms. The van der Waals surface area contributed by atoms with E-state index in [4.69, 9.17) is 5.11 Å². The lowest BCUT2D eigenvalue weighted by molar-refractivity contribution is -0.138. The Morgan fingerprint density at radius 2 is 1.84 bits per heavy atom. The van der Waals surface area contributed by atoms with Crippen LogP contribution in [0.25, 0.3) is 0 Å². The first-order valence-electron chi connectivity index (χ1n) is 6.03. The molecule has 0 atom stereocenters. The van der Waals surface area contributed by atoms with Crippen LogP contribution < -0.4 is 0 Å². The molecule has 0 amide bonds. The molecule has 0 radical (unpaired) electrons. The highest BCUT2D eigenvalue weighted by Crippen LogP contribution is 2.30. The molecule has 0 bridgehead atoms. The Morgan fingerprint density at radius 3 is 2.42 bits per heavy atom. The van der Waals surface area contributed by atoms with Crippen molar-refractivity contribution in [1.82, 2.24) is 4.90 Å². The SMILES string of the molecule is O=C(O)CN(Cc1cc(F)c(F)cc1F)CC1CC1. The number of benzene rings is 1. The fourth-order valence-corrected chi connectivity index (χ4v) is 1.97. The molecule has 1 fully saturated rings. The molecule has 0 heterocycles. The van der Waals surface area contributed by atoms with Crippen LogP contribution in [0.2, 0.25) is 0 Å². The molecule has 0 saturated heterocycles. The summed E-state index contributed by atoms with van der Waals surface area (Å²) in [6.07, 6.45) is 2.05. The molecule has 1 aromatic rings. The van der Waals surface area contributed by atoms with Gasteiger partial charge in [-0.2, -0.15) is 0 Å². The predicted molar refractivity (Wildman–Crippen MR) is 62.0 cm³/mol. The topological polar surface area (TPSA) is 40.5 Å². The number of aliphatic carboxylic acids is 1. The van der Waals surface area contributed by atoms with Crippen LogP contribution in [0.1, 0.15) is 18.4 Å². The predicted octanol–water partition coefficient (Wildman–Crippen LogP) is 2.40. The minimum Gasteiger partial charge on any atom is -0.480 e. The van der Waals surface area contributed by atoms with Gasteiger partial charge in [0.2, 0.25) is 0 Å². The number of nitrogens with zero attached hydrogens (tertiary/aromatic N) is 1. The van der Waals surface area contributed by atoms with Gasteiger partial charge in [0.05, 0.1) is 6.54 Å². The van der Waals surface area contributed by atoms with Gasteiger partial charge in [-0.15, -0.1) is 0 Å². The van der Waals surface area contributed by atoms with Crippen molar-refractivity contribution in [3.8, 4) is 0 Å². The maximum absolute atomic E-state index is 13.5. The summed E-state index contributed by atoms with van der Waals surface area (Å²) in [5, 5.41) is 8.79. The molecule has 1 saturated carbocycles. The van der Waals surface area contributed by atoms with E-state index in [1.165, 1.54) is 4.90 Å². The van der Waals surface area contributed by atoms with Gasteiger partial charge in [-0.05, 0) is 24.8 Å². The van der Waals surface area contributed by atoms with Crippen LogP contribution in [-0.4, -0.2) is 29.1 Å². The highest BCUT2D eigenvalue weighted by molar-refractivity contribution is 5.69. The fourth-order valence-electron chi connectivity index (χ4n) is 1.97. The monoisotopic (exact) mass is 273 g/mol. The molecule has 1 aromatic carbocycles. The second kappa shape index (κ2) is 5.61. The Balaban J connectivity index is 2.10. The zero-order valence-corrected chi connectivity index (χ0v) is 10.2. The quantitative estimate of drug-likeness (QED) is 0.809. The Labute approximate surface area is 108 Å². The van der Waals surface area contributed by atoms with E-state index in [2.05, 4.69) is 0 Å². The normalized spacial score (nSPS) is 14.9. The van der Waals surface area contributed by atoms with Crippen molar-refractivity contribution in [2.24, 2.45) is 5.92 Å². The van der Waals surface area contributed by atoms with E-state index < -0.39 is 23.4 Å². The summed E-state index contributed by atoms with van der Waals surface area (Å²) in [5.41, 5.74) is -0.0270. The van der Waals surface area contributed by atoms with Gasteiger partial charge in [0.25, 0.3) is 0 Å². The Kier molecular flexibility index (Phi) is 4.09. The molecule has 104 valence electrons. The minimum atomic E-state index is -1.24. The van der Waals surface area contributed by atoms with E-state index in [9.17, 15) is 18.0 Å². The third-order valence-corrected chi connectivity index (χ3v) is 3.06. The van der Waals surface area contributed by atoms with Gasteiger partial charge in [-0.1, -0.05) is 0 Å². The molecular weight excluding hydrogens is 259 g/mol. The number of carboxylic acids is 1. The molecule has 0 aromatic heterocycles. The molecule has 6 heteroatoms. The van der Waals surface area contributed by atoms with Gasteiger partial charge in [0.15, 0.2) is 11.6 Å². The summed E-state index contributed by atoms with van der Waals surface area (Å²) >= 11 is 0. The summed E-state index contributed by atoms with van der Waals surface area (Å²) in [5.74, 6) is -3.83. The van der Waals surface area contributed by atoms with E-state index in [-0.39, 0.29) is 18.7 Å². The third-order valence-electron chi connectivity index (χ3n) is 3.06. The molecule has 0 aliphatic heterocycles. The lowest BCUT2D eigenvalue weighted by Gasteiger charge is -2.20. The molecule has 19 heavy (non-hydrogen) atoms. The zero-order chi connectivity index (χ0) is 14.0. The largest absolute Gasteiger partial charge is 0.480 e. The third kappa shape index (κ3) is 3.96. The first-order chi connectivity index (χ1) is 8.95. The van der Waals surface area contributed by atoms with Gasteiger partial charge in [0.1, 0.15) is 5.82 Å². The molecule has 2 rings (SSSR count). The first-order valence-corrected chi connectivity index (χ1v) is 6.03. The van der Waals surface area contributed by atoms with Gasteiger partial charge in [-0.3, -0.25) is 9.69 Å². The van der Waals surface area contributed by atoms with Gasteiger partial charge < -0.3 is 5.11 Å². The number of halogens is 3. The van der Waals surface area contributed by atoms with Crippen molar-refractivity contribution in [1.29, 1.82) is 0 Å². The summed E-state index contributed by atoms with van der Waals surface area (Å²) < 4.78 is 39.4. The van der Waals surface area contributed by atoms with Crippen LogP contribution in [0, 0.1) is 23.4 Å². The van der Waals surface area contributed by atoms with Crippen LogP contribution in [0.3, 0.4) is 0 Å². The molecule has 1 aliphatic carbocycles. The van der Waals surface area contributed by atoms with Gasteiger partial charge >= 0.3 is 5.97 Å². The smallest absolute Gasteiger partial charge is 0.317 e. The number of rotatable bonds is 6. The molecule has 1 N–H and O–H groups in total. The van der Waals surface area contributed by atoms with Crippen molar-refractivity contribution in [2.75, 3.05) is 13.1 Å². The first kappa shape index (κ1) is 13.9. The van der Waals surface area contributed by atoms with Crippen molar-refractivity contribution in [2.45, 2.75) is 19.4 Å². The van der Waals surface area contributed by atoms with Crippen LogP contribution in [0.15, 0.2) is 12.1 Å². The summed E-state index contributed by atoms with van der Waals surface area (Å²) in [7, 11) is 0. The lowest BCUT2D eigenvalue weighted by Crippen LogP contribution is -2.31. The van der Waals surface area contributed by atoms with E-state index in [0.29, 0.717) is 18.5 Å². The highest BCUT2D eigenvalue weighted by atomic mass is 19.2. The van der Waals surface area contributed by atoms with Crippen molar-refractivity contribution in [3.63, 3.8) is 0 Å². The van der Waals surface area contributed by atoms with E-state index in [1.807, 2.05) is 0 Å². The Hall–Kier alpha value is -1.56. The second-order valence-corrected chi connectivity index (χ2v) is 4.86. The second-order valence-electron chi connectivity index (χ2n) is 4.86. The molecule has 0 unspecified atom stereocenters. The highest BCUT2D eigenvalue weighted by Gasteiger charge is 2.26. The number of hydrogen-bond donors (Lipinski definition) is 1. The van der Waals surface area contributed by atoms with Gasteiger partial charge in [0, 0.05) is 24.7 Å². The maximum atomic E-state index is 13.5. The summed E-state index contributed by atoms with van der Waals surface area (Å²) in [6, 6.07) is 1.27. The van der Waals surface area contributed by atoms with Crippen molar-refractivity contribution < 1.29 is 23.1 Å². The molecular formula is C13H14F3NO2. The fraction of sp³-hybridized carbons (Fsp3) is 0.462. The van der Waals surface area contributed by atoms with Crippen LogP contribution in [-0.2, 0) is 11.3 Å². The van der Waals surface area contributed by atoms with Crippen molar-refractivity contribution >= 4 is 5.97 Å². The Morgan fingerprint density at radius 1 is 1.21 bits per heavy atom. The Bertz CT molecular complexity index is 489. The average Bonchev–Trinajstić information content (AvgIpc) is 3.08. The summed E-state index contributed by atoms with van der Waals surface area (Å²) in [6.45, 7) is 0.255. The summed E-state index contributed by atoms with van der Waals surface area (Å²) in [4.78, 5) is 12.3. The number of carboxylic acid groups (broad SMARTS) is 1. The lowest BCUT2D eigenvalue weighted by atomic mass is 10.1. The van der Waals surface area contributed by atoms with Crippen LogP contribution in [0.5, 0.6) is 0 Å². The molecule has 1 aliphatic rings. The van der Waals surface area contributed by atoms with Crippen molar-refractivity contribution in [3.05, 3.63) is 35.1 Å². The van der Waals surface area contributed by atoms with E-state index in [0.717, 1.165) is 18.9 Å². The standard InChI is InChI=1S/C13H14F3NO2/c14-10-4-12(16)11(15)3-9(10)6-17(7-13(18)19)5-8-1-2-8/h3-4,8H,1-2,5-7H2,(H,18,19). The van der Waals surface area contributed by atoms with Gasteiger partial charge in [-0.25, -0.2) is 13.2 Å². The van der Waals surface area contributed by atoms with Crippen LogP contribution in [0.4, 0.5) is 13.2 Å². The average molecular weight is 273 g/mol.